The standard InChI is InChI=1S/C7H14O2.C6H14O2.CH2O.7CH4.H2O/c1-3-7-4-6(2)8-5-9-7;1-3-6(8)4-5(2)7;1-2;;;;;;;;/h6-7H,3-5H2,1-2H3;5-8H,3-4H2,1-2H3;1H2;7*1H4;1H2. The molecule has 180 valence electrons. The lowest BCUT2D eigenvalue weighted by Gasteiger charge is -2.26. The molecule has 0 aromatic heterocycles. The molecule has 1 aliphatic rings. The van der Waals surface area contributed by atoms with E-state index in [0.717, 1.165) is 19.3 Å². The van der Waals surface area contributed by atoms with Crippen LogP contribution in [0.25, 0.3) is 0 Å². The van der Waals surface area contributed by atoms with E-state index >= 15 is 0 Å². The SMILES string of the molecule is C.C.C.C.C.C.C.C=O.CCC(O)CC(C)O.CCC1CC(C)OCO1.O. The van der Waals surface area contributed by atoms with Crippen LogP contribution >= 0.6 is 0 Å². The zero-order valence-corrected chi connectivity index (χ0v) is 13.2. The molecule has 0 spiro atoms. The molecule has 1 aliphatic heterocycles. The molecule has 27 heavy (non-hydrogen) atoms. The summed E-state index contributed by atoms with van der Waals surface area (Å²) >= 11 is 0. The van der Waals surface area contributed by atoms with Crippen LogP contribution in [-0.4, -0.2) is 53.7 Å². The molecule has 0 bridgehead atoms. The van der Waals surface area contributed by atoms with Crippen LogP contribution in [0.3, 0.4) is 0 Å². The Morgan fingerprint density at radius 3 is 1.56 bits per heavy atom. The van der Waals surface area contributed by atoms with Crippen LogP contribution in [0.15, 0.2) is 0 Å². The third-order valence-corrected chi connectivity index (χ3v) is 2.79. The Morgan fingerprint density at radius 1 is 0.963 bits per heavy atom. The molecule has 6 nitrogen and oxygen atoms in total. The Hall–Kier alpha value is -0.530. The lowest BCUT2D eigenvalue weighted by Crippen LogP contribution is -2.28. The Balaban J connectivity index is -0.0000000193. The minimum Gasteiger partial charge on any atom is -0.412 e. The van der Waals surface area contributed by atoms with E-state index in [1.54, 1.807) is 6.92 Å². The van der Waals surface area contributed by atoms with Crippen molar-refractivity contribution >= 4 is 6.79 Å². The number of aliphatic hydroxyl groups is 2. The summed E-state index contributed by atoms with van der Waals surface area (Å²) in [6.45, 7) is 10.3. The predicted octanol–water partition coefficient (Wildman–Crippen LogP) is 5.52. The molecule has 4 unspecified atom stereocenters. The van der Waals surface area contributed by atoms with Crippen molar-refractivity contribution in [1.82, 2.24) is 0 Å². The summed E-state index contributed by atoms with van der Waals surface area (Å²) in [4.78, 5) is 8.00. The molecular weight excluding hydrogens is 348 g/mol. The van der Waals surface area contributed by atoms with Gasteiger partial charge in [-0.1, -0.05) is 65.8 Å². The first-order valence-electron chi connectivity index (χ1n) is 6.87. The van der Waals surface area contributed by atoms with Crippen LogP contribution in [0.4, 0.5) is 0 Å². The first-order chi connectivity index (χ1) is 8.99. The summed E-state index contributed by atoms with van der Waals surface area (Å²) in [7, 11) is 0. The quantitative estimate of drug-likeness (QED) is 0.636. The van der Waals surface area contributed by atoms with E-state index in [2.05, 4.69) is 13.8 Å². The van der Waals surface area contributed by atoms with Gasteiger partial charge in [0.05, 0.1) is 24.4 Å². The van der Waals surface area contributed by atoms with Crippen LogP contribution < -0.4 is 0 Å². The highest BCUT2D eigenvalue weighted by atomic mass is 16.7. The monoisotopic (exact) mass is 408 g/mol. The van der Waals surface area contributed by atoms with Crippen molar-refractivity contribution in [2.24, 2.45) is 0 Å². The van der Waals surface area contributed by atoms with Gasteiger partial charge in [0.25, 0.3) is 0 Å². The van der Waals surface area contributed by atoms with Crippen molar-refractivity contribution in [3.63, 3.8) is 0 Å². The summed E-state index contributed by atoms with van der Waals surface area (Å²) in [5, 5.41) is 17.6. The highest BCUT2D eigenvalue weighted by Crippen LogP contribution is 2.14. The van der Waals surface area contributed by atoms with Gasteiger partial charge in [-0.05, 0) is 39.5 Å². The maximum Gasteiger partial charge on any atom is 0.147 e. The number of carbonyl (C=O) groups is 1. The van der Waals surface area contributed by atoms with Gasteiger partial charge in [-0.3, -0.25) is 0 Å². The fourth-order valence-electron chi connectivity index (χ4n) is 1.60. The van der Waals surface area contributed by atoms with Crippen molar-refractivity contribution in [2.45, 2.75) is 130 Å². The largest absolute Gasteiger partial charge is 0.412 e. The molecule has 1 fully saturated rings. The molecule has 0 aliphatic carbocycles. The highest BCUT2D eigenvalue weighted by molar-refractivity contribution is 5.10. The van der Waals surface area contributed by atoms with Gasteiger partial charge in [-0.15, -0.1) is 0 Å². The van der Waals surface area contributed by atoms with E-state index in [9.17, 15) is 0 Å². The van der Waals surface area contributed by atoms with Gasteiger partial charge in [0, 0.05) is 0 Å². The second-order valence-electron chi connectivity index (χ2n) is 4.67. The summed E-state index contributed by atoms with van der Waals surface area (Å²) < 4.78 is 10.5. The Labute approximate surface area is 174 Å². The average Bonchev–Trinajstić information content (AvgIpc) is 2.41. The van der Waals surface area contributed by atoms with Gasteiger partial charge in [0.15, 0.2) is 0 Å². The number of ether oxygens (including phenoxy) is 2. The van der Waals surface area contributed by atoms with Crippen LogP contribution in [0, 0.1) is 0 Å². The first-order valence-corrected chi connectivity index (χ1v) is 6.87. The molecular formula is C21H60O6. The lowest BCUT2D eigenvalue weighted by atomic mass is 10.1. The molecule has 4 N–H and O–H groups in total. The van der Waals surface area contributed by atoms with Crippen LogP contribution in [0.2, 0.25) is 0 Å². The first kappa shape index (κ1) is 63.3. The number of hydrogen-bond acceptors (Lipinski definition) is 5. The lowest BCUT2D eigenvalue weighted by molar-refractivity contribution is -0.170. The van der Waals surface area contributed by atoms with Crippen molar-refractivity contribution < 1.29 is 30.0 Å². The van der Waals surface area contributed by atoms with Gasteiger partial charge < -0.3 is 30.0 Å². The molecule has 0 radical (unpaired) electrons. The topological polar surface area (TPSA) is 107 Å². The second kappa shape index (κ2) is 44.7. The Kier molecular flexibility index (Phi) is 105. The molecule has 4 atom stereocenters. The van der Waals surface area contributed by atoms with Crippen LogP contribution in [0.1, 0.15) is 105 Å². The number of rotatable bonds is 4. The molecule has 0 aromatic rings. The van der Waals surface area contributed by atoms with Gasteiger partial charge in [0.1, 0.15) is 13.6 Å². The van der Waals surface area contributed by atoms with E-state index in [0.29, 0.717) is 25.4 Å². The van der Waals surface area contributed by atoms with E-state index in [4.69, 9.17) is 24.5 Å². The van der Waals surface area contributed by atoms with Gasteiger partial charge in [-0.25, -0.2) is 0 Å². The summed E-state index contributed by atoms with van der Waals surface area (Å²) in [6, 6.07) is 0. The van der Waals surface area contributed by atoms with Crippen molar-refractivity contribution in [3.8, 4) is 0 Å². The van der Waals surface area contributed by atoms with Crippen LogP contribution in [-0.2, 0) is 14.3 Å². The van der Waals surface area contributed by atoms with E-state index in [1.807, 2.05) is 13.7 Å². The highest BCUT2D eigenvalue weighted by Gasteiger charge is 2.17. The molecule has 6 heteroatoms. The molecule has 0 amide bonds. The molecule has 1 saturated heterocycles. The van der Waals surface area contributed by atoms with E-state index < -0.39 is 0 Å². The maximum atomic E-state index is 8.87. The zero-order valence-electron chi connectivity index (χ0n) is 13.2. The summed E-state index contributed by atoms with van der Waals surface area (Å²) in [5.41, 5.74) is 0. The van der Waals surface area contributed by atoms with E-state index in [-0.39, 0.29) is 69.7 Å². The third kappa shape index (κ3) is 46.0. The van der Waals surface area contributed by atoms with E-state index in [1.165, 1.54) is 0 Å². The molecule has 0 saturated carbocycles. The van der Waals surface area contributed by atoms with Gasteiger partial charge >= 0.3 is 0 Å². The molecule has 1 rings (SSSR count). The van der Waals surface area contributed by atoms with Crippen LogP contribution in [0.5, 0.6) is 0 Å². The number of carbonyl (C=O) groups excluding carboxylic acids is 1. The Morgan fingerprint density at radius 2 is 1.37 bits per heavy atom. The molecule has 0 aromatic carbocycles. The zero-order chi connectivity index (χ0) is 15.3. The normalized spacial score (nSPS) is 17.7. The Bertz CT molecular complexity index is 192. The van der Waals surface area contributed by atoms with Gasteiger partial charge in [0.2, 0.25) is 0 Å². The number of aliphatic hydroxyl groups excluding tert-OH is 2. The fraction of sp³-hybridized carbons (Fsp3) is 0.952. The number of hydrogen-bond donors (Lipinski definition) is 2. The van der Waals surface area contributed by atoms with Crippen molar-refractivity contribution in [2.75, 3.05) is 6.79 Å². The summed E-state index contributed by atoms with van der Waals surface area (Å²) in [5.74, 6) is 0. The fourth-order valence-corrected chi connectivity index (χ4v) is 1.60. The molecule has 1 heterocycles. The average molecular weight is 409 g/mol. The minimum absolute atomic E-state index is 0. The minimum atomic E-state index is -0.370. The van der Waals surface area contributed by atoms with Crippen molar-refractivity contribution in [3.05, 3.63) is 0 Å². The smallest absolute Gasteiger partial charge is 0.147 e. The summed E-state index contributed by atoms with van der Waals surface area (Å²) in [6.07, 6.45) is 3.52. The van der Waals surface area contributed by atoms with Gasteiger partial charge in [-0.2, -0.15) is 0 Å². The van der Waals surface area contributed by atoms with Crippen molar-refractivity contribution in [1.29, 1.82) is 0 Å². The third-order valence-electron chi connectivity index (χ3n) is 2.79. The second-order valence-corrected chi connectivity index (χ2v) is 4.67. The maximum absolute atomic E-state index is 8.87. The predicted molar refractivity (Wildman–Crippen MR) is 126 cm³/mol.